The van der Waals surface area contributed by atoms with Crippen LogP contribution in [-0.2, 0) is 4.57 Å². The molecular weight excluding hydrogens is 470 g/mol. The molecule has 0 spiro atoms. The van der Waals surface area contributed by atoms with Crippen molar-refractivity contribution in [2.45, 2.75) is 0 Å². The molecule has 1 unspecified atom stereocenters. The molecule has 1 N–H and O–H groups in total. The van der Waals surface area contributed by atoms with Crippen LogP contribution in [0.4, 0.5) is 0 Å². The lowest BCUT2D eigenvalue weighted by Gasteiger charge is -2.27. The lowest BCUT2D eigenvalue weighted by atomic mass is 10.3. The van der Waals surface area contributed by atoms with Crippen LogP contribution in [0.2, 0.25) is 0 Å². The highest BCUT2D eigenvalue weighted by molar-refractivity contribution is 8.01. The van der Waals surface area contributed by atoms with Gasteiger partial charge >= 0.3 is 0 Å². The van der Waals surface area contributed by atoms with E-state index in [0.29, 0.717) is 0 Å². The Morgan fingerprint density at radius 1 is 0.457 bits per heavy atom. The molecule has 0 amide bonds. The summed E-state index contributed by atoms with van der Waals surface area (Å²) in [5, 5.41) is 5.50. The van der Waals surface area contributed by atoms with E-state index >= 15 is 0 Å². The molecule has 5 rings (SSSR count). The van der Waals surface area contributed by atoms with Crippen molar-refractivity contribution >= 4 is 41.4 Å². The second-order valence-electron chi connectivity index (χ2n) is 7.87. The average molecular weight is 496 g/mol. The number of hydrogen-bond acceptors (Lipinski definition) is 2. The Hall–Kier alpha value is -3.32. The molecular formula is C30H26O3P2. The number of benzene rings is 5. The minimum atomic E-state index is -4.27. The zero-order valence-corrected chi connectivity index (χ0v) is 20.9. The van der Waals surface area contributed by atoms with Gasteiger partial charge in [-0.2, -0.15) is 0 Å². The van der Waals surface area contributed by atoms with Crippen molar-refractivity contribution in [1.82, 2.24) is 0 Å². The van der Waals surface area contributed by atoms with Gasteiger partial charge in [-0.1, -0.05) is 103 Å². The Bertz CT molecular complexity index is 1190. The molecule has 5 aromatic carbocycles. The molecule has 1 atom stereocenters. The van der Waals surface area contributed by atoms with Crippen molar-refractivity contribution < 1.29 is 14.4 Å². The smallest absolute Gasteiger partial charge is 0.162 e. The fourth-order valence-corrected chi connectivity index (χ4v) is 8.93. The van der Waals surface area contributed by atoms with Crippen LogP contribution in [0.25, 0.3) is 0 Å². The van der Waals surface area contributed by atoms with E-state index in [1.165, 1.54) is 33.4 Å². The molecule has 3 nitrogen and oxygen atoms in total. The van der Waals surface area contributed by atoms with Crippen LogP contribution in [0.5, 0.6) is 0 Å². The Morgan fingerprint density at radius 2 is 0.686 bits per heavy atom. The second-order valence-corrected chi connectivity index (χ2v) is 12.8. The quantitative estimate of drug-likeness (QED) is 0.372. The molecule has 5 aromatic rings. The third-order valence-corrected chi connectivity index (χ3v) is 10.9. The number of hydrogen-bond donors (Lipinski definition) is 1. The molecule has 174 valence electrons. The minimum absolute atomic E-state index is 0.0463. The summed E-state index contributed by atoms with van der Waals surface area (Å²) >= 11 is 0. The van der Waals surface area contributed by atoms with Crippen molar-refractivity contribution in [3.05, 3.63) is 152 Å². The summed E-state index contributed by atoms with van der Waals surface area (Å²) < 4.78 is 10.4. The summed E-state index contributed by atoms with van der Waals surface area (Å²) in [6, 6.07) is 51.3. The zero-order chi connectivity index (χ0) is 24.6. The summed E-state index contributed by atoms with van der Waals surface area (Å²) in [5.74, 6) is 0. The standard InChI is InChI=1S/C24H20P.C6H7O3P/c1-5-13-21(14-6-1)25(22-15-7-2-8-16-22,23-17-9-3-10-18-23)24-19-11-4-12-20-24;7-10(8,9)6-4-2-1-3-5-6/h1-20H;1-5H,(H2,7,8,9)/q+1;/p-1. The maximum atomic E-state index is 10.4. The van der Waals surface area contributed by atoms with Crippen molar-refractivity contribution in [2.75, 3.05) is 0 Å². The molecule has 0 saturated carbocycles. The fraction of sp³-hybridized carbons (Fsp3) is 0. The first-order valence-electron chi connectivity index (χ1n) is 11.2. The summed E-state index contributed by atoms with van der Waals surface area (Å²) in [5.41, 5.74) is 0. The van der Waals surface area contributed by atoms with Crippen LogP contribution in [0.3, 0.4) is 0 Å². The van der Waals surface area contributed by atoms with Crippen LogP contribution in [0.15, 0.2) is 152 Å². The first kappa shape index (κ1) is 24.8. The van der Waals surface area contributed by atoms with Gasteiger partial charge in [0.25, 0.3) is 0 Å². The van der Waals surface area contributed by atoms with Gasteiger partial charge in [0.2, 0.25) is 0 Å². The molecule has 0 aliphatic carbocycles. The predicted octanol–water partition coefficient (Wildman–Crippen LogP) is 4.16. The van der Waals surface area contributed by atoms with Crippen molar-refractivity contribution in [2.24, 2.45) is 0 Å². The minimum Gasteiger partial charge on any atom is -0.775 e. The van der Waals surface area contributed by atoms with Crippen LogP contribution in [0.1, 0.15) is 0 Å². The van der Waals surface area contributed by atoms with E-state index in [1.54, 1.807) is 18.2 Å². The predicted molar refractivity (Wildman–Crippen MR) is 147 cm³/mol. The summed E-state index contributed by atoms with van der Waals surface area (Å²) in [6.07, 6.45) is 0. The molecule has 0 aliphatic heterocycles. The third kappa shape index (κ3) is 5.68. The van der Waals surface area contributed by atoms with Gasteiger partial charge in [-0.25, -0.2) is 0 Å². The second kappa shape index (κ2) is 11.4. The Kier molecular flexibility index (Phi) is 8.08. The van der Waals surface area contributed by atoms with Gasteiger partial charge in [0.05, 0.1) is 0 Å². The SMILES string of the molecule is O=P([O-])(O)c1ccccc1.c1ccc([P+](c2ccccc2)(c2ccccc2)c2ccccc2)cc1. The molecule has 5 heteroatoms. The maximum absolute atomic E-state index is 10.4. The van der Waals surface area contributed by atoms with Gasteiger partial charge in [-0.05, 0) is 48.5 Å². The summed E-state index contributed by atoms with van der Waals surface area (Å²) in [7, 11) is -6.17. The first-order chi connectivity index (χ1) is 17.0. The van der Waals surface area contributed by atoms with E-state index in [4.69, 9.17) is 4.89 Å². The topological polar surface area (TPSA) is 60.4 Å². The molecule has 35 heavy (non-hydrogen) atoms. The Labute approximate surface area is 207 Å². The zero-order valence-electron chi connectivity index (χ0n) is 19.1. The van der Waals surface area contributed by atoms with Crippen molar-refractivity contribution in [1.29, 1.82) is 0 Å². The van der Waals surface area contributed by atoms with Gasteiger partial charge in [0.15, 0.2) is 7.60 Å². The Balaban J connectivity index is 0.000000243. The van der Waals surface area contributed by atoms with E-state index in [1.807, 2.05) is 0 Å². The maximum Gasteiger partial charge on any atom is 0.162 e. The van der Waals surface area contributed by atoms with E-state index in [0.717, 1.165) is 0 Å². The molecule has 0 radical (unpaired) electrons. The molecule has 0 bridgehead atoms. The molecule has 0 aliphatic rings. The summed E-state index contributed by atoms with van der Waals surface area (Å²) in [4.78, 5) is 18.9. The van der Waals surface area contributed by atoms with Gasteiger partial charge in [-0.15, -0.1) is 0 Å². The largest absolute Gasteiger partial charge is 0.775 e. The van der Waals surface area contributed by atoms with Crippen LogP contribution in [0, 0.1) is 0 Å². The van der Waals surface area contributed by atoms with Crippen molar-refractivity contribution in [3.8, 4) is 0 Å². The third-order valence-electron chi connectivity index (χ3n) is 5.66. The lowest BCUT2D eigenvalue weighted by molar-refractivity contribution is -0.188. The van der Waals surface area contributed by atoms with Gasteiger partial charge in [0, 0.05) is 5.30 Å². The fourth-order valence-electron chi connectivity index (χ4n) is 4.12. The highest BCUT2D eigenvalue weighted by Crippen LogP contribution is 2.53. The lowest BCUT2D eigenvalue weighted by Crippen LogP contribution is -2.38. The van der Waals surface area contributed by atoms with Crippen LogP contribution >= 0.6 is 14.9 Å². The first-order valence-corrected chi connectivity index (χ1v) is 14.6. The van der Waals surface area contributed by atoms with Gasteiger partial charge in [0.1, 0.15) is 28.5 Å². The molecule has 0 fully saturated rings. The van der Waals surface area contributed by atoms with Crippen LogP contribution in [-0.4, -0.2) is 4.89 Å². The van der Waals surface area contributed by atoms with E-state index < -0.39 is 14.9 Å². The normalized spacial score (nSPS) is 12.6. The van der Waals surface area contributed by atoms with E-state index in [9.17, 15) is 9.46 Å². The average Bonchev–Trinajstić information content (AvgIpc) is 2.92. The molecule has 0 saturated heterocycles. The monoisotopic (exact) mass is 496 g/mol. The van der Waals surface area contributed by atoms with Gasteiger partial charge in [-0.3, -0.25) is 0 Å². The van der Waals surface area contributed by atoms with E-state index in [2.05, 4.69) is 121 Å². The molecule has 0 heterocycles. The number of rotatable bonds is 5. The molecule has 0 aromatic heterocycles. The highest BCUT2D eigenvalue weighted by Gasteiger charge is 2.47. The van der Waals surface area contributed by atoms with Crippen LogP contribution < -0.4 is 31.4 Å². The van der Waals surface area contributed by atoms with Crippen molar-refractivity contribution in [3.63, 3.8) is 0 Å². The Morgan fingerprint density at radius 3 is 0.886 bits per heavy atom. The van der Waals surface area contributed by atoms with Gasteiger partial charge < -0.3 is 14.4 Å². The highest BCUT2D eigenvalue weighted by atomic mass is 31.2. The summed E-state index contributed by atoms with van der Waals surface area (Å²) in [6.45, 7) is 0. The van der Waals surface area contributed by atoms with E-state index in [-0.39, 0.29) is 5.30 Å².